The second-order valence-corrected chi connectivity index (χ2v) is 21.2. The number of nitrogens with zero attached hydrogens (tertiary/aromatic N) is 2. The van der Waals surface area contributed by atoms with E-state index in [1.165, 1.54) is 44.5 Å². The molecule has 2 atom stereocenters. The van der Waals surface area contributed by atoms with Crippen LogP contribution in [0.4, 0.5) is 17.1 Å². The fourth-order valence-electron chi connectivity index (χ4n) is 11.9. The second kappa shape index (κ2) is 20.0. The van der Waals surface area contributed by atoms with Crippen LogP contribution in [0.5, 0.6) is 11.5 Å². The Kier molecular flexibility index (Phi) is 13.4. The molecule has 3 nitrogen and oxygen atoms in total. The number of ether oxygens (including phenoxy) is 1. The van der Waals surface area contributed by atoms with Gasteiger partial charge < -0.3 is 14.5 Å². The summed E-state index contributed by atoms with van der Waals surface area (Å²) in [7, 11) is 0. The molecular formula is C71H68N2O. The molecule has 0 radical (unpaired) electrons. The van der Waals surface area contributed by atoms with E-state index in [9.17, 15) is 0 Å². The van der Waals surface area contributed by atoms with Gasteiger partial charge in [-0.2, -0.15) is 0 Å². The minimum absolute atomic E-state index is 0.132. The summed E-state index contributed by atoms with van der Waals surface area (Å²) in [6.45, 7) is 25.2. The molecule has 0 aliphatic heterocycles. The van der Waals surface area contributed by atoms with Crippen LogP contribution in [0, 0.1) is 5.92 Å². The van der Waals surface area contributed by atoms with Crippen LogP contribution in [0.1, 0.15) is 101 Å². The van der Waals surface area contributed by atoms with Gasteiger partial charge in [0.2, 0.25) is 0 Å². The van der Waals surface area contributed by atoms with Gasteiger partial charge in [0.1, 0.15) is 5.75 Å². The van der Waals surface area contributed by atoms with Crippen molar-refractivity contribution in [2.24, 2.45) is 5.92 Å². The SMILES string of the molecule is C=C1/C(=C\C=C(/C)N(c2ccccc2)c2cccc(C3(C)c4ccccc4C=CC3/C=C(\C=C/C)N(/C(C)=C/C3=C(C)c4ccccc4C3(C)C)c3ccccc3)c2Oc2ccccc2)c2ccccc2C1(C)C. The highest BCUT2D eigenvalue weighted by molar-refractivity contribution is 5.90. The van der Waals surface area contributed by atoms with Crippen molar-refractivity contribution in [3.63, 3.8) is 0 Å². The zero-order chi connectivity index (χ0) is 51.8. The van der Waals surface area contributed by atoms with Crippen molar-refractivity contribution in [3.8, 4) is 11.5 Å². The molecule has 74 heavy (non-hydrogen) atoms. The molecule has 0 N–H and O–H groups in total. The van der Waals surface area contributed by atoms with E-state index in [0.717, 1.165) is 62.4 Å². The van der Waals surface area contributed by atoms with Gasteiger partial charge >= 0.3 is 0 Å². The monoisotopic (exact) mass is 965 g/mol. The van der Waals surface area contributed by atoms with Crippen LogP contribution in [0.25, 0.3) is 17.2 Å². The quantitative estimate of drug-likeness (QED) is 0.107. The van der Waals surface area contributed by atoms with Crippen molar-refractivity contribution in [1.82, 2.24) is 0 Å². The third kappa shape index (κ3) is 8.75. The van der Waals surface area contributed by atoms with E-state index in [1.807, 2.05) is 18.2 Å². The maximum atomic E-state index is 7.40. The Labute approximate surface area is 440 Å². The van der Waals surface area contributed by atoms with Crippen LogP contribution in [0.15, 0.2) is 259 Å². The van der Waals surface area contributed by atoms with Crippen LogP contribution in [-0.2, 0) is 16.2 Å². The Bertz CT molecular complexity index is 3490. The number of rotatable bonds is 13. The van der Waals surface area contributed by atoms with Gasteiger partial charge in [0.05, 0.1) is 5.69 Å². The highest BCUT2D eigenvalue weighted by Gasteiger charge is 2.43. The third-order valence-electron chi connectivity index (χ3n) is 16.0. The molecule has 10 rings (SSSR count). The molecule has 0 saturated carbocycles. The van der Waals surface area contributed by atoms with Crippen LogP contribution < -0.4 is 14.5 Å². The van der Waals surface area contributed by atoms with E-state index >= 15 is 0 Å². The largest absolute Gasteiger partial charge is 0.455 e. The van der Waals surface area contributed by atoms with E-state index in [1.54, 1.807) is 0 Å². The highest BCUT2D eigenvalue weighted by atomic mass is 16.5. The number of hydrogen-bond donors (Lipinski definition) is 0. The molecule has 7 aromatic rings. The lowest BCUT2D eigenvalue weighted by Crippen LogP contribution is -2.36. The summed E-state index contributed by atoms with van der Waals surface area (Å²) >= 11 is 0. The minimum Gasteiger partial charge on any atom is -0.455 e. The molecule has 0 bridgehead atoms. The average Bonchev–Trinajstić information content (AvgIpc) is 3.73. The van der Waals surface area contributed by atoms with Crippen LogP contribution in [-0.4, -0.2) is 0 Å². The molecule has 368 valence electrons. The lowest BCUT2D eigenvalue weighted by molar-refractivity contribution is 0.427. The molecule has 0 aromatic heterocycles. The van der Waals surface area contributed by atoms with Gasteiger partial charge in [-0.15, -0.1) is 0 Å². The maximum Gasteiger partial charge on any atom is 0.155 e. The van der Waals surface area contributed by atoms with Crippen LogP contribution in [0.3, 0.4) is 0 Å². The Morgan fingerprint density at radius 3 is 1.82 bits per heavy atom. The van der Waals surface area contributed by atoms with Gasteiger partial charge in [-0.3, -0.25) is 0 Å². The summed E-state index contributed by atoms with van der Waals surface area (Å²) in [6.07, 6.45) is 18.5. The molecule has 3 heteroatoms. The van der Waals surface area contributed by atoms with Gasteiger partial charge in [0.15, 0.2) is 5.75 Å². The van der Waals surface area contributed by atoms with Gasteiger partial charge in [-0.25, -0.2) is 0 Å². The summed E-state index contributed by atoms with van der Waals surface area (Å²) in [5, 5.41) is 0. The molecule has 0 fully saturated rings. The molecular weight excluding hydrogens is 897 g/mol. The number of para-hydroxylation sites is 4. The Morgan fingerprint density at radius 1 is 0.595 bits per heavy atom. The zero-order valence-electron chi connectivity index (χ0n) is 44.5. The second-order valence-electron chi connectivity index (χ2n) is 21.2. The smallest absolute Gasteiger partial charge is 0.155 e. The van der Waals surface area contributed by atoms with E-state index < -0.39 is 5.41 Å². The van der Waals surface area contributed by atoms with E-state index in [4.69, 9.17) is 4.74 Å². The number of fused-ring (bicyclic) bond motifs is 3. The standard InChI is InChI=1S/C71H68N2O/c1-11-28-57(72(55-30-15-12-16-31-55)50(3)47-66-51(4)59-36-22-25-39-63(59)70(66,8)9)48-54-45-44-53-29-21-24-38-62(53)71(54,10)65-41-27-42-67(68(65)74-58-34-19-14-20-35-58)73(56-32-17-13-18-33-56)49(2)43-46-60-52(5)69(6,7)64-40-26-23-37-61(60)64/h11-48,54H,5H2,1-4,6-10H3/b28-11-,49-43+,50-47+,57-48+,60-46+. The number of hydrogen-bond acceptors (Lipinski definition) is 3. The van der Waals surface area contributed by atoms with E-state index in [0.29, 0.717) is 0 Å². The molecule has 0 spiro atoms. The van der Waals surface area contributed by atoms with Crippen molar-refractivity contribution in [1.29, 1.82) is 0 Å². The lowest BCUT2D eigenvalue weighted by Gasteiger charge is -2.42. The van der Waals surface area contributed by atoms with Crippen molar-refractivity contribution in [2.45, 2.75) is 78.6 Å². The van der Waals surface area contributed by atoms with Crippen molar-refractivity contribution in [2.75, 3.05) is 9.80 Å². The Balaban J connectivity index is 1.18. The molecule has 7 aromatic carbocycles. The first-order valence-corrected chi connectivity index (χ1v) is 26.1. The zero-order valence-corrected chi connectivity index (χ0v) is 44.5. The summed E-state index contributed by atoms with van der Waals surface area (Å²) in [6, 6.07) is 64.9. The molecule has 3 aliphatic carbocycles. The highest BCUT2D eigenvalue weighted by Crippen LogP contribution is 2.54. The van der Waals surface area contributed by atoms with Crippen LogP contribution in [0.2, 0.25) is 0 Å². The maximum absolute atomic E-state index is 7.40. The lowest BCUT2D eigenvalue weighted by atomic mass is 9.63. The summed E-state index contributed by atoms with van der Waals surface area (Å²) in [5.41, 5.74) is 19.0. The van der Waals surface area contributed by atoms with E-state index in [2.05, 4.69) is 291 Å². The molecule has 3 aliphatic rings. The fourth-order valence-corrected chi connectivity index (χ4v) is 11.9. The first kappa shape index (κ1) is 49.4. The average molecular weight is 965 g/mol. The van der Waals surface area contributed by atoms with Crippen molar-refractivity contribution < 1.29 is 4.74 Å². The van der Waals surface area contributed by atoms with Gasteiger partial charge in [-0.05, 0) is 144 Å². The normalized spacial score (nSPS) is 19.4. The van der Waals surface area contributed by atoms with Gasteiger partial charge in [0, 0.05) is 56.2 Å². The van der Waals surface area contributed by atoms with Crippen molar-refractivity contribution >= 4 is 34.3 Å². The first-order chi connectivity index (χ1) is 35.7. The summed E-state index contributed by atoms with van der Waals surface area (Å²) in [4.78, 5) is 4.78. The summed E-state index contributed by atoms with van der Waals surface area (Å²) in [5.74, 6) is 1.42. The third-order valence-corrected chi connectivity index (χ3v) is 16.0. The molecule has 0 amide bonds. The molecule has 0 heterocycles. The molecule has 2 unspecified atom stereocenters. The first-order valence-electron chi connectivity index (χ1n) is 26.1. The Hall–Kier alpha value is -8.14. The molecule has 0 saturated heterocycles. The Morgan fingerprint density at radius 2 is 1.16 bits per heavy atom. The van der Waals surface area contributed by atoms with Gasteiger partial charge in [-0.1, -0.05) is 211 Å². The topological polar surface area (TPSA) is 15.7 Å². The summed E-state index contributed by atoms with van der Waals surface area (Å²) < 4.78 is 7.40. The predicted octanol–water partition coefficient (Wildman–Crippen LogP) is 19.0. The van der Waals surface area contributed by atoms with Crippen LogP contribution >= 0.6 is 0 Å². The fraction of sp³-hybridized carbons (Fsp3) is 0.183. The number of allylic oxidation sites excluding steroid dienone is 13. The van der Waals surface area contributed by atoms with E-state index in [-0.39, 0.29) is 16.7 Å². The van der Waals surface area contributed by atoms with Gasteiger partial charge in [0.25, 0.3) is 0 Å². The number of anilines is 3. The number of benzene rings is 7. The van der Waals surface area contributed by atoms with Crippen molar-refractivity contribution in [3.05, 3.63) is 298 Å². The predicted molar refractivity (Wildman–Crippen MR) is 315 cm³/mol. The minimum atomic E-state index is -0.634.